The van der Waals surface area contributed by atoms with Crippen molar-refractivity contribution >= 4 is 5.78 Å². The summed E-state index contributed by atoms with van der Waals surface area (Å²) in [5, 5.41) is 0. The van der Waals surface area contributed by atoms with Crippen molar-refractivity contribution in [3.8, 4) is 0 Å². The molecule has 2 nitrogen and oxygen atoms in total. The van der Waals surface area contributed by atoms with E-state index in [0.29, 0.717) is 0 Å². The number of hydrogen-bond donors (Lipinski definition) is 0. The summed E-state index contributed by atoms with van der Waals surface area (Å²) < 4.78 is 0. The van der Waals surface area contributed by atoms with Crippen molar-refractivity contribution < 1.29 is 4.79 Å². The van der Waals surface area contributed by atoms with Crippen LogP contribution in [0.4, 0.5) is 0 Å². The molecule has 76 valence electrons. The Bertz CT molecular complexity index is 314. The van der Waals surface area contributed by atoms with Gasteiger partial charge in [-0.2, -0.15) is 0 Å². The highest BCUT2D eigenvalue weighted by atomic mass is 16.1. The van der Waals surface area contributed by atoms with Crippen LogP contribution in [0.15, 0.2) is 24.3 Å². The third-order valence-corrected chi connectivity index (χ3v) is 2.49. The molecule has 0 heterocycles. The molecule has 0 aliphatic rings. The molecule has 0 bridgehead atoms. The summed E-state index contributed by atoms with van der Waals surface area (Å²) in [6.45, 7) is 3.94. The Labute approximate surface area is 85.5 Å². The van der Waals surface area contributed by atoms with E-state index in [-0.39, 0.29) is 11.8 Å². The van der Waals surface area contributed by atoms with Crippen LogP contribution >= 0.6 is 0 Å². The van der Waals surface area contributed by atoms with E-state index in [0.717, 1.165) is 5.56 Å². The van der Waals surface area contributed by atoms with Crippen molar-refractivity contribution in [1.82, 2.24) is 4.90 Å². The van der Waals surface area contributed by atoms with Gasteiger partial charge in [-0.25, -0.2) is 0 Å². The number of likely N-dealkylation sites (N-methyl/N-ethyl adjacent to an activating group) is 1. The molecule has 1 aromatic carbocycles. The minimum atomic E-state index is -0.0577. The minimum absolute atomic E-state index is 0.0577. The molecule has 0 radical (unpaired) electrons. The Kier molecular flexibility index (Phi) is 3.42. The maximum Gasteiger partial charge on any atom is 0.179 e. The molecule has 0 amide bonds. The number of benzene rings is 1. The second-order valence-corrected chi connectivity index (χ2v) is 3.87. The predicted molar refractivity (Wildman–Crippen MR) is 58.7 cm³/mol. The van der Waals surface area contributed by atoms with E-state index in [1.807, 2.05) is 57.1 Å². The van der Waals surface area contributed by atoms with Crippen LogP contribution in [0.3, 0.4) is 0 Å². The Hall–Kier alpha value is -1.15. The van der Waals surface area contributed by atoms with Crippen molar-refractivity contribution in [3.63, 3.8) is 0 Å². The summed E-state index contributed by atoms with van der Waals surface area (Å²) in [5.74, 6) is 0.176. The molecule has 14 heavy (non-hydrogen) atoms. The second kappa shape index (κ2) is 4.38. The lowest BCUT2D eigenvalue weighted by atomic mass is 10.0. The smallest absolute Gasteiger partial charge is 0.179 e. The Morgan fingerprint density at radius 3 is 2.14 bits per heavy atom. The van der Waals surface area contributed by atoms with E-state index in [1.54, 1.807) is 0 Å². The van der Waals surface area contributed by atoms with Crippen LogP contribution in [0.1, 0.15) is 22.8 Å². The normalized spacial score (nSPS) is 12.9. The van der Waals surface area contributed by atoms with E-state index >= 15 is 0 Å². The highest BCUT2D eigenvalue weighted by Gasteiger charge is 2.16. The van der Waals surface area contributed by atoms with Crippen LogP contribution in [0.25, 0.3) is 0 Å². The van der Waals surface area contributed by atoms with Crippen molar-refractivity contribution in [2.75, 3.05) is 14.1 Å². The van der Waals surface area contributed by atoms with Crippen molar-refractivity contribution in [2.24, 2.45) is 0 Å². The quantitative estimate of drug-likeness (QED) is 0.682. The van der Waals surface area contributed by atoms with Gasteiger partial charge in [0, 0.05) is 5.56 Å². The van der Waals surface area contributed by atoms with Gasteiger partial charge < -0.3 is 0 Å². The van der Waals surface area contributed by atoms with Crippen LogP contribution < -0.4 is 0 Å². The third kappa shape index (κ3) is 2.42. The predicted octanol–water partition coefficient (Wildman–Crippen LogP) is 2.13. The summed E-state index contributed by atoms with van der Waals surface area (Å²) >= 11 is 0. The first-order chi connectivity index (χ1) is 6.52. The Balaban J connectivity index is 2.84. The molecule has 2 heteroatoms. The fraction of sp³-hybridized carbons (Fsp3) is 0.417. The maximum absolute atomic E-state index is 11.9. The SMILES string of the molecule is Cc1ccc(C(=O)[C@@H](C)N(C)C)cc1. The molecule has 0 aliphatic heterocycles. The highest BCUT2D eigenvalue weighted by Crippen LogP contribution is 2.08. The average Bonchev–Trinajstić information content (AvgIpc) is 2.16. The first-order valence-electron chi connectivity index (χ1n) is 4.79. The lowest BCUT2D eigenvalue weighted by Gasteiger charge is -2.18. The lowest BCUT2D eigenvalue weighted by molar-refractivity contribution is 0.0890. The minimum Gasteiger partial charge on any atom is -0.300 e. The number of nitrogens with zero attached hydrogens (tertiary/aromatic N) is 1. The van der Waals surface area contributed by atoms with Crippen molar-refractivity contribution in [3.05, 3.63) is 35.4 Å². The Morgan fingerprint density at radius 2 is 1.71 bits per heavy atom. The molecule has 0 saturated carbocycles. The van der Waals surface area contributed by atoms with Gasteiger partial charge in [0.1, 0.15) is 0 Å². The van der Waals surface area contributed by atoms with Gasteiger partial charge in [0.25, 0.3) is 0 Å². The molecular weight excluding hydrogens is 174 g/mol. The number of carbonyl (C=O) groups excluding carboxylic acids is 1. The van der Waals surface area contributed by atoms with Crippen LogP contribution in [-0.4, -0.2) is 30.8 Å². The molecule has 1 atom stereocenters. The summed E-state index contributed by atoms with van der Waals surface area (Å²) in [5.41, 5.74) is 1.97. The van der Waals surface area contributed by atoms with Gasteiger partial charge in [0.2, 0.25) is 0 Å². The number of rotatable bonds is 3. The van der Waals surface area contributed by atoms with Crippen LogP contribution in [0.2, 0.25) is 0 Å². The lowest BCUT2D eigenvalue weighted by Crippen LogP contribution is -2.32. The molecule has 1 rings (SSSR count). The fourth-order valence-corrected chi connectivity index (χ4v) is 1.19. The van der Waals surface area contributed by atoms with E-state index in [1.165, 1.54) is 5.56 Å². The summed E-state index contributed by atoms with van der Waals surface area (Å²) in [4.78, 5) is 13.8. The Morgan fingerprint density at radius 1 is 1.21 bits per heavy atom. The van der Waals surface area contributed by atoms with Crippen molar-refractivity contribution in [2.45, 2.75) is 19.9 Å². The first-order valence-corrected chi connectivity index (χ1v) is 4.79. The number of ketones is 1. The molecule has 0 unspecified atom stereocenters. The molecule has 0 spiro atoms. The fourth-order valence-electron chi connectivity index (χ4n) is 1.19. The van der Waals surface area contributed by atoms with Gasteiger partial charge in [-0.3, -0.25) is 9.69 Å². The maximum atomic E-state index is 11.9. The topological polar surface area (TPSA) is 20.3 Å². The zero-order chi connectivity index (χ0) is 10.7. The second-order valence-electron chi connectivity index (χ2n) is 3.87. The number of carbonyl (C=O) groups is 1. The molecule has 0 aliphatic carbocycles. The van der Waals surface area contributed by atoms with Gasteiger partial charge in [0.15, 0.2) is 5.78 Å². The first kappa shape index (κ1) is 10.9. The molecule has 0 N–H and O–H groups in total. The number of hydrogen-bond acceptors (Lipinski definition) is 2. The van der Waals surface area contributed by atoms with E-state index in [4.69, 9.17) is 0 Å². The van der Waals surface area contributed by atoms with Crippen LogP contribution in [0, 0.1) is 6.92 Å². The standard InChI is InChI=1S/C12H17NO/c1-9-5-7-11(8-6-9)12(14)10(2)13(3)4/h5-8,10H,1-4H3/t10-/m1/s1. The summed E-state index contributed by atoms with van der Waals surface area (Å²) in [7, 11) is 3.83. The zero-order valence-corrected chi connectivity index (χ0v) is 9.24. The van der Waals surface area contributed by atoms with E-state index in [2.05, 4.69) is 0 Å². The molecule has 0 saturated heterocycles. The largest absolute Gasteiger partial charge is 0.300 e. The molecule has 1 aromatic rings. The van der Waals surface area contributed by atoms with Gasteiger partial charge in [0.05, 0.1) is 6.04 Å². The third-order valence-electron chi connectivity index (χ3n) is 2.49. The van der Waals surface area contributed by atoms with Gasteiger partial charge in [-0.1, -0.05) is 29.8 Å². The zero-order valence-electron chi connectivity index (χ0n) is 9.24. The van der Waals surface area contributed by atoms with Crippen LogP contribution in [0.5, 0.6) is 0 Å². The monoisotopic (exact) mass is 191 g/mol. The van der Waals surface area contributed by atoms with Crippen LogP contribution in [-0.2, 0) is 0 Å². The summed E-state index contributed by atoms with van der Waals surface area (Å²) in [6.07, 6.45) is 0. The summed E-state index contributed by atoms with van der Waals surface area (Å²) in [6, 6.07) is 7.65. The molecule has 0 aromatic heterocycles. The van der Waals surface area contributed by atoms with Gasteiger partial charge in [-0.15, -0.1) is 0 Å². The molecule has 0 fully saturated rings. The van der Waals surface area contributed by atoms with Crippen molar-refractivity contribution in [1.29, 1.82) is 0 Å². The molecular formula is C12H17NO. The van der Waals surface area contributed by atoms with Gasteiger partial charge >= 0.3 is 0 Å². The number of aryl methyl sites for hydroxylation is 1. The van der Waals surface area contributed by atoms with E-state index in [9.17, 15) is 4.79 Å². The average molecular weight is 191 g/mol. The highest BCUT2D eigenvalue weighted by molar-refractivity contribution is 5.99. The number of Topliss-reactive ketones (excluding diaryl/α,β-unsaturated/α-hetero) is 1. The van der Waals surface area contributed by atoms with E-state index < -0.39 is 0 Å². The van der Waals surface area contributed by atoms with Gasteiger partial charge in [-0.05, 0) is 27.9 Å².